The first-order valence-corrected chi connectivity index (χ1v) is 4.42. The molecular formula is C8H14N2O3. The molecule has 1 rings (SSSR count). The highest BCUT2D eigenvalue weighted by Crippen LogP contribution is 2.03. The Morgan fingerprint density at radius 3 is 2.92 bits per heavy atom. The molecule has 0 aliphatic carbocycles. The molecule has 74 valence electrons. The van der Waals surface area contributed by atoms with E-state index in [0.717, 1.165) is 0 Å². The van der Waals surface area contributed by atoms with Crippen molar-refractivity contribution in [2.75, 3.05) is 13.2 Å². The largest absolute Gasteiger partial charge is 0.396 e. The maximum absolute atomic E-state index is 11.1. The van der Waals surface area contributed by atoms with E-state index in [1.807, 2.05) is 0 Å². The molecule has 1 atom stereocenters. The van der Waals surface area contributed by atoms with E-state index < -0.39 is 0 Å². The Hall–Kier alpha value is -0.940. The third-order valence-corrected chi connectivity index (χ3v) is 1.96. The van der Waals surface area contributed by atoms with E-state index in [9.17, 15) is 9.59 Å². The molecule has 1 heterocycles. The van der Waals surface area contributed by atoms with Crippen LogP contribution >= 0.6 is 0 Å². The third-order valence-electron chi connectivity index (χ3n) is 1.96. The second-order valence-corrected chi connectivity index (χ2v) is 3.03. The van der Waals surface area contributed by atoms with E-state index in [1.54, 1.807) is 0 Å². The zero-order chi connectivity index (χ0) is 9.68. The second-order valence-electron chi connectivity index (χ2n) is 3.03. The lowest BCUT2D eigenvalue weighted by Gasteiger charge is -2.21. The summed E-state index contributed by atoms with van der Waals surface area (Å²) >= 11 is 0. The first kappa shape index (κ1) is 10.1. The van der Waals surface area contributed by atoms with Crippen molar-refractivity contribution in [2.24, 2.45) is 0 Å². The van der Waals surface area contributed by atoms with Gasteiger partial charge in [0.05, 0.1) is 6.04 Å². The molecule has 13 heavy (non-hydrogen) atoms. The minimum absolute atomic E-state index is 0.111. The van der Waals surface area contributed by atoms with E-state index in [0.29, 0.717) is 25.8 Å². The van der Waals surface area contributed by atoms with Crippen molar-refractivity contribution in [3.05, 3.63) is 0 Å². The SMILES string of the molecule is O=C1CCC(NCCCO)C(=O)N1. The number of piperidine rings is 1. The van der Waals surface area contributed by atoms with Gasteiger partial charge in [0.15, 0.2) is 0 Å². The smallest absolute Gasteiger partial charge is 0.243 e. The average Bonchev–Trinajstić information content (AvgIpc) is 2.09. The number of nitrogens with one attached hydrogen (secondary N) is 2. The lowest BCUT2D eigenvalue weighted by Crippen LogP contribution is -2.50. The Morgan fingerprint density at radius 1 is 1.54 bits per heavy atom. The maximum Gasteiger partial charge on any atom is 0.243 e. The molecule has 0 radical (unpaired) electrons. The number of amides is 2. The molecule has 0 aromatic rings. The van der Waals surface area contributed by atoms with E-state index in [-0.39, 0.29) is 24.5 Å². The third kappa shape index (κ3) is 3.12. The van der Waals surface area contributed by atoms with Crippen molar-refractivity contribution >= 4 is 11.8 Å². The van der Waals surface area contributed by atoms with E-state index in [1.165, 1.54) is 0 Å². The number of imide groups is 1. The number of aliphatic hydroxyl groups excluding tert-OH is 1. The molecule has 0 aromatic carbocycles. The highest BCUT2D eigenvalue weighted by molar-refractivity contribution is 6.00. The van der Waals surface area contributed by atoms with Crippen LogP contribution in [0.1, 0.15) is 19.3 Å². The van der Waals surface area contributed by atoms with Gasteiger partial charge in [0.1, 0.15) is 0 Å². The number of hydrogen-bond donors (Lipinski definition) is 3. The molecule has 1 saturated heterocycles. The van der Waals surface area contributed by atoms with Crippen LogP contribution in [0.2, 0.25) is 0 Å². The summed E-state index contributed by atoms with van der Waals surface area (Å²) < 4.78 is 0. The Bertz CT molecular complexity index is 206. The molecule has 0 saturated carbocycles. The Kier molecular flexibility index (Phi) is 3.85. The lowest BCUT2D eigenvalue weighted by molar-refractivity contribution is -0.134. The summed E-state index contributed by atoms with van der Waals surface area (Å²) in [4.78, 5) is 21.9. The summed E-state index contributed by atoms with van der Waals surface area (Å²) in [6, 6.07) is -0.274. The van der Waals surface area contributed by atoms with Gasteiger partial charge in [-0.2, -0.15) is 0 Å². The zero-order valence-electron chi connectivity index (χ0n) is 7.38. The van der Waals surface area contributed by atoms with Gasteiger partial charge in [-0.3, -0.25) is 14.9 Å². The molecule has 0 spiro atoms. The van der Waals surface area contributed by atoms with Gasteiger partial charge in [-0.1, -0.05) is 0 Å². The van der Waals surface area contributed by atoms with Crippen LogP contribution in [-0.2, 0) is 9.59 Å². The molecule has 5 heteroatoms. The Morgan fingerprint density at radius 2 is 2.31 bits per heavy atom. The summed E-state index contributed by atoms with van der Waals surface area (Å²) in [5.41, 5.74) is 0. The fourth-order valence-electron chi connectivity index (χ4n) is 1.24. The van der Waals surface area contributed by atoms with Crippen molar-refractivity contribution in [3.8, 4) is 0 Å². The van der Waals surface area contributed by atoms with Gasteiger partial charge >= 0.3 is 0 Å². The van der Waals surface area contributed by atoms with Gasteiger partial charge < -0.3 is 10.4 Å². The highest BCUT2D eigenvalue weighted by atomic mass is 16.3. The van der Waals surface area contributed by atoms with Crippen LogP contribution in [-0.4, -0.2) is 36.1 Å². The fraction of sp³-hybridized carbons (Fsp3) is 0.750. The quantitative estimate of drug-likeness (QED) is 0.379. The lowest BCUT2D eigenvalue weighted by atomic mass is 10.1. The minimum atomic E-state index is -0.274. The van der Waals surface area contributed by atoms with Crippen molar-refractivity contribution in [3.63, 3.8) is 0 Å². The number of carbonyl (C=O) groups is 2. The van der Waals surface area contributed by atoms with Gasteiger partial charge in [0.2, 0.25) is 11.8 Å². The van der Waals surface area contributed by atoms with Crippen LogP contribution in [0.25, 0.3) is 0 Å². The van der Waals surface area contributed by atoms with Crippen LogP contribution in [0.5, 0.6) is 0 Å². The number of aliphatic hydroxyl groups is 1. The Balaban J connectivity index is 2.26. The molecule has 5 nitrogen and oxygen atoms in total. The molecule has 2 amide bonds. The molecule has 0 bridgehead atoms. The molecular weight excluding hydrogens is 172 g/mol. The molecule has 3 N–H and O–H groups in total. The predicted molar refractivity (Wildman–Crippen MR) is 45.9 cm³/mol. The molecule has 1 aliphatic rings. The standard InChI is InChI=1S/C8H14N2O3/c11-5-1-4-9-6-2-3-7(12)10-8(6)13/h6,9,11H,1-5H2,(H,10,12,13). The Labute approximate surface area is 76.5 Å². The first-order chi connectivity index (χ1) is 6.24. The van der Waals surface area contributed by atoms with Crippen molar-refractivity contribution in [1.82, 2.24) is 10.6 Å². The van der Waals surface area contributed by atoms with Crippen LogP contribution < -0.4 is 10.6 Å². The zero-order valence-corrected chi connectivity index (χ0v) is 7.38. The van der Waals surface area contributed by atoms with Crippen molar-refractivity contribution in [1.29, 1.82) is 0 Å². The van der Waals surface area contributed by atoms with Crippen LogP contribution in [0.4, 0.5) is 0 Å². The topological polar surface area (TPSA) is 78.4 Å². The van der Waals surface area contributed by atoms with E-state index >= 15 is 0 Å². The molecule has 0 aromatic heterocycles. The van der Waals surface area contributed by atoms with Crippen LogP contribution in [0, 0.1) is 0 Å². The van der Waals surface area contributed by atoms with E-state index in [2.05, 4.69) is 10.6 Å². The van der Waals surface area contributed by atoms with E-state index in [4.69, 9.17) is 5.11 Å². The highest BCUT2D eigenvalue weighted by Gasteiger charge is 2.25. The van der Waals surface area contributed by atoms with Crippen LogP contribution in [0.15, 0.2) is 0 Å². The monoisotopic (exact) mass is 186 g/mol. The molecule has 1 fully saturated rings. The summed E-state index contributed by atoms with van der Waals surface area (Å²) in [5, 5.41) is 13.7. The predicted octanol–water partition coefficient (Wildman–Crippen LogP) is -1.24. The average molecular weight is 186 g/mol. The van der Waals surface area contributed by atoms with Crippen molar-refractivity contribution in [2.45, 2.75) is 25.3 Å². The summed E-state index contributed by atoms with van der Waals surface area (Å²) in [6.07, 6.45) is 1.57. The van der Waals surface area contributed by atoms with Crippen molar-refractivity contribution < 1.29 is 14.7 Å². The number of hydrogen-bond acceptors (Lipinski definition) is 4. The van der Waals surface area contributed by atoms with Gasteiger partial charge in [-0.25, -0.2) is 0 Å². The number of carbonyl (C=O) groups excluding carboxylic acids is 2. The number of rotatable bonds is 4. The van der Waals surface area contributed by atoms with Crippen LogP contribution in [0.3, 0.4) is 0 Å². The van der Waals surface area contributed by atoms with Gasteiger partial charge in [-0.15, -0.1) is 0 Å². The minimum Gasteiger partial charge on any atom is -0.396 e. The van der Waals surface area contributed by atoms with Gasteiger partial charge in [0, 0.05) is 13.0 Å². The first-order valence-electron chi connectivity index (χ1n) is 4.42. The molecule has 1 unspecified atom stereocenters. The van der Waals surface area contributed by atoms with Gasteiger partial charge in [0.25, 0.3) is 0 Å². The van der Waals surface area contributed by atoms with Gasteiger partial charge in [-0.05, 0) is 19.4 Å². The summed E-state index contributed by atoms with van der Waals surface area (Å²) in [6.45, 7) is 0.711. The normalized spacial score (nSPS) is 23.0. The second kappa shape index (κ2) is 4.94. The summed E-state index contributed by atoms with van der Waals surface area (Å²) in [7, 11) is 0. The summed E-state index contributed by atoms with van der Waals surface area (Å²) in [5.74, 6) is -0.459. The molecule has 1 aliphatic heterocycles. The fourth-order valence-corrected chi connectivity index (χ4v) is 1.24. The maximum atomic E-state index is 11.1.